The number of unbranched alkanes of at least 4 members (excludes halogenated alkanes) is 3. The van der Waals surface area contributed by atoms with Crippen LogP contribution in [0.15, 0.2) is 146 Å². The minimum Gasteiger partial charge on any atom is -0.372 e. The van der Waals surface area contributed by atoms with Gasteiger partial charge in [-0.2, -0.15) is 0 Å². The minimum absolute atomic E-state index is 0.109. The molecule has 7 atom stereocenters. The average Bonchev–Trinajstić information content (AvgIpc) is 1.56. The number of carbonyl (C=O) groups excluding carboxylic acids is 7. The van der Waals surface area contributed by atoms with Crippen molar-refractivity contribution < 1.29 is 33.6 Å². The normalized spacial score (nSPS) is 19.9. The molecular formula is C91H95N7O21S. The van der Waals surface area contributed by atoms with Crippen LogP contribution in [0.4, 0.5) is 39.8 Å². The third-order valence-corrected chi connectivity index (χ3v) is 24.1. The van der Waals surface area contributed by atoms with Crippen molar-refractivity contribution in [1.82, 2.24) is 0 Å². The van der Waals surface area contributed by atoms with Crippen LogP contribution in [0.25, 0.3) is 38.8 Å². The van der Waals surface area contributed by atoms with Crippen LogP contribution < -0.4 is 113 Å². The van der Waals surface area contributed by atoms with Gasteiger partial charge < -0.3 is 37.2 Å². The van der Waals surface area contributed by atoms with Crippen molar-refractivity contribution >= 4 is 97.7 Å². The third-order valence-electron chi connectivity index (χ3n) is 23.2. The van der Waals surface area contributed by atoms with E-state index in [1.807, 2.05) is 73.8 Å². The molecule has 29 heteroatoms. The molecule has 7 fully saturated rings. The second-order valence-electron chi connectivity index (χ2n) is 31.3. The number of rotatable bonds is 24. The second kappa shape index (κ2) is 39.5. The monoisotopic (exact) mass is 1650 g/mol. The highest BCUT2D eigenvalue weighted by Crippen LogP contribution is 2.33. The van der Waals surface area contributed by atoms with E-state index in [2.05, 4.69) is 50.7 Å². The number of thiophene rings is 1. The van der Waals surface area contributed by atoms with Crippen LogP contribution in [-0.2, 0) is 46.4 Å². The molecule has 1 aromatic heterocycles. The van der Waals surface area contributed by atoms with Crippen molar-refractivity contribution in [3.05, 3.63) is 250 Å². The Morgan fingerprint density at radius 1 is 0.325 bits per heavy atom. The Bertz CT molecular complexity index is 6110. The number of benzene rings is 2. The minimum atomic E-state index is -0.537. The number of ketones is 7. The molecule has 7 aliphatic carbocycles. The maximum absolute atomic E-state index is 11.8. The number of aryl methyl sites for hydroxylation is 1. The second-order valence-corrected chi connectivity index (χ2v) is 32.3. The summed E-state index contributed by atoms with van der Waals surface area (Å²) in [5, 5.41) is 22.3. The molecule has 28 nitrogen and oxygen atoms in total. The van der Waals surface area contributed by atoms with Gasteiger partial charge in [0.2, 0.25) is 76.0 Å². The molecule has 0 saturated heterocycles. The molecule has 120 heavy (non-hydrogen) atoms. The van der Waals surface area contributed by atoms with Crippen LogP contribution >= 0.6 is 11.3 Å². The molecule has 10 aromatic rings. The van der Waals surface area contributed by atoms with E-state index in [1.54, 1.807) is 19.1 Å². The summed E-state index contributed by atoms with van der Waals surface area (Å²) < 4.78 is 0. The zero-order valence-electron chi connectivity index (χ0n) is 67.3. The standard InChI is InChI=1S/C16H15NO3.C15H13NO3.C15H21NO3.C13H11NO3S.C11H13NO3.C11H11NO3.C10H11NO3/c1-9-5-7-10(8-6-9)13-14(16(20)15(13)19)17-11-3-2-4-12(11)18;17-11-8-4-7-10(11)16-13-12(14(18)15(13)19)9-5-2-1-3-6-9;1-2-3-4-5-7-10-13(15(19)14(10)18)16-11-8-6-9-12(11)17;15-8-4-1-3-7(8)14-11-10(12(16)13(11)17)9-5-2-6-18-9;2*1-2-6-9(11(15)10(6)14)12-7-4-3-5-8(7)13;1-5-8(10(14)9(5)13)11-6-3-2-4-7(6)12/h5-8,11,17H,2-4H2,1H3;1-3,5-6,10,16H,4,7-8H2;11,16H,2-9H2,1H3;2,5-7,14H,1,3-4H2;7,12H,2-5H2,1H3;2,7,12H,1,3-5H2;6,11H,2-4H2,1H3. The number of Topliss-reactive ketones (excluding diaryl/α,β-unsaturated/α-hetero) is 7. The molecule has 7 aliphatic rings. The lowest BCUT2D eigenvalue weighted by Gasteiger charge is -2.17. The van der Waals surface area contributed by atoms with Gasteiger partial charge in [-0.05, 0) is 146 Å². The van der Waals surface area contributed by atoms with E-state index in [4.69, 9.17) is 0 Å². The highest BCUT2D eigenvalue weighted by molar-refractivity contribution is 7.13. The zero-order valence-corrected chi connectivity index (χ0v) is 68.1. The smallest absolute Gasteiger partial charge is 0.250 e. The fraction of sp³-hybridized carbons (Fsp3) is 0.418. The van der Waals surface area contributed by atoms with Crippen molar-refractivity contribution in [3.63, 3.8) is 0 Å². The van der Waals surface area contributed by atoms with E-state index in [0.717, 1.165) is 137 Å². The molecule has 7 N–H and O–H groups in total. The number of hydrogen-bond donors (Lipinski definition) is 7. The van der Waals surface area contributed by atoms with Crippen LogP contribution in [0, 0.1) is 13.8 Å². The molecule has 0 aliphatic heterocycles. The summed E-state index contributed by atoms with van der Waals surface area (Å²) in [4.78, 5) is 241. The average molecular weight is 1650 g/mol. The van der Waals surface area contributed by atoms with Crippen LogP contribution in [0.5, 0.6) is 0 Å². The van der Waals surface area contributed by atoms with Gasteiger partial charge in [-0.1, -0.05) is 112 Å². The number of nitrogens with one attached hydrogen (secondary N) is 7. The largest absolute Gasteiger partial charge is 0.372 e. The molecule has 0 radical (unpaired) electrons. The van der Waals surface area contributed by atoms with Crippen molar-refractivity contribution in [2.45, 2.75) is 243 Å². The quantitative estimate of drug-likeness (QED) is 0.0225. The first-order valence-electron chi connectivity index (χ1n) is 41.1. The third kappa shape index (κ3) is 19.4. The fourth-order valence-electron chi connectivity index (χ4n) is 16.0. The molecule has 0 spiro atoms. The molecule has 7 unspecified atom stereocenters. The summed E-state index contributed by atoms with van der Waals surface area (Å²) in [6.45, 7) is 11.0. The van der Waals surface area contributed by atoms with E-state index in [9.17, 15) is 101 Å². The topological polar surface area (TPSA) is 443 Å². The van der Waals surface area contributed by atoms with Gasteiger partial charge >= 0.3 is 0 Å². The van der Waals surface area contributed by atoms with Crippen LogP contribution in [0.1, 0.15) is 202 Å². The van der Waals surface area contributed by atoms with Gasteiger partial charge in [-0.15, -0.1) is 11.3 Å². The lowest BCUT2D eigenvalue weighted by molar-refractivity contribution is -0.118. The van der Waals surface area contributed by atoms with Crippen LogP contribution in [0.2, 0.25) is 0 Å². The molecule has 9 aromatic carbocycles. The van der Waals surface area contributed by atoms with Gasteiger partial charge in [0.15, 0.2) is 40.5 Å². The van der Waals surface area contributed by atoms with Gasteiger partial charge in [-0.25, -0.2) is 0 Å². The lowest BCUT2D eigenvalue weighted by atomic mass is 9.97. The van der Waals surface area contributed by atoms with Crippen LogP contribution in [0.3, 0.4) is 0 Å². The Hall–Kier alpha value is -12.3. The molecule has 0 bridgehead atoms. The van der Waals surface area contributed by atoms with Gasteiger partial charge in [-0.3, -0.25) is 101 Å². The molecular weight excluding hydrogens is 1560 g/mol. The fourth-order valence-corrected chi connectivity index (χ4v) is 16.8. The Morgan fingerprint density at radius 2 is 0.658 bits per heavy atom. The molecule has 626 valence electrons. The van der Waals surface area contributed by atoms with E-state index in [0.29, 0.717) is 131 Å². The van der Waals surface area contributed by atoms with Gasteiger partial charge in [0.05, 0.1) is 104 Å². The van der Waals surface area contributed by atoms with E-state index in [-0.39, 0.29) is 93.9 Å². The van der Waals surface area contributed by atoms with E-state index in [1.165, 1.54) is 17.4 Å². The summed E-state index contributed by atoms with van der Waals surface area (Å²) >= 11 is 1.42. The summed E-state index contributed by atoms with van der Waals surface area (Å²) in [6, 6.07) is 18.2. The van der Waals surface area contributed by atoms with Crippen molar-refractivity contribution in [2.24, 2.45) is 0 Å². The lowest BCUT2D eigenvalue weighted by Crippen LogP contribution is -2.41. The molecule has 1 heterocycles. The molecule has 17 rings (SSSR count). The van der Waals surface area contributed by atoms with Crippen molar-refractivity contribution in [2.75, 3.05) is 37.2 Å². The molecule has 0 amide bonds. The van der Waals surface area contributed by atoms with E-state index < -0.39 is 70.6 Å². The highest BCUT2D eigenvalue weighted by atomic mass is 32.1. The predicted molar refractivity (Wildman–Crippen MR) is 464 cm³/mol. The molecule has 7 saturated carbocycles. The van der Waals surface area contributed by atoms with Gasteiger partial charge in [0.1, 0.15) is 0 Å². The van der Waals surface area contributed by atoms with Crippen molar-refractivity contribution in [3.8, 4) is 32.7 Å². The Kier molecular flexibility index (Phi) is 29.2. The maximum Gasteiger partial charge on any atom is 0.250 e. The number of carbonyl (C=O) groups is 7. The summed E-state index contributed by atoms with van der Waals surface area (Å²) in [6.07, 6.45) is 22.0. The first kappa shape index (κ1) is 88.5. The van der Waals surface area contributed by atoms with Crippen LogP contribution in [-0.4, -0.2) is 82.8 Å². The first-order valence-corrected chi connectivity index (χ1v) is 42.0. The number of hydrogen-bond acceptors (Lipinski definition) is 29. The van der Waals surface area contributed by atoms with E-state index >= 15 is 0 Å². The van der Waals surface area contributed by atoms with Gasteiger partial charge in [0.25, 0.3) is 0 Å². The van der Waals surface area contributed by atoms with Gasteiger partial charge in [0, 0.05) is 66.5 Å². The summed E-state index contributed by atoms with van der Waals surface area (Å²) in [7, 11) is 0. The summed E-state index contributed by atoms with van der Waals surface area (Å²) in [5.41, 5.74) is 1.48. The number of anilines is 7. The Labute approximate surface area is 690 Å². The Morgan fingerprint density at radius 3 is 1.02 bits per heavy atom. The maximum atomic E-state index is 11.8. The first-order chi connectivity index (χ1) is 57.5. The van der Waals surface area contributed by atoms with Crippen molar-refractivity contribution in [1.29, 1.82) is 0 Å². The predicted octanol–water partition coefficient (Wildman–Crippen LogP) is 7.72. The zero-order chi connectivity index (χ0) is 86.5. The SMILES string of the molecule is C=Cc1c(NC2CCCC2=O)c(=O)c1=O.CCCCCCc1c(NC2CCCC2=O)c(=O)c1=O.CCc1c(NC2CCCC2=O)c(=O)c1=O.Cc1c(NC2CCCC2=O)c(=O)c1=O.Cc1ccc(-c2c(NC3CCCC3=O)c(=O)c2=O)cc1.O=C1CCCC1Nc1c(-c2ccccc2)c(=O)c1=O.O=C1CCCC1Nc1c(-c2cccs2)c(=O)c1=O. The summed E-state index contributed by atoms with van der Waals surface area (Å²) in [5.74, 6) is 0.908. The highest BCUT2D eigenvalue weighted by Gasteiger charge is 2.36. The Balaban J connectivity index is 0.000000137.